The standard InChI is InChI=1S/C27H27ClF4N2O5/c1-15(35)13-39-20-8-6-17(12-22(20)38-4)25(36)33-14-26(2,27(30,31)32)23-10-9-21(37-3)24(34-23)16-5-7-19(29)18(28)11-16/h5-12,15,35H,13-14H2,1-4H3,(H,33,36)/t15-,26?/m1/s1. The lowest BCUT2D eigenvalue weighted by atomic mass is 9.84. The molecule has 0 fully saturated rings. The highest BCUT2D eigenvalue weighted by atomic mass is 35.5. The predicted octanol–water partition coefficient (Wildman–Crippen LogP) is 5.57. The normalized spacial score (nSPS) is 13.8. The lowest BCUT2D eigenvalue weighted by Crippen LogP contribution is -2.49. The lowest BCUT2D eigenvalue weighted by Gasteiger charge is -2.32. The second kappa shape index (κ2) is 12.1. The number of hydrogen-bond acceptors (Lipinski definition) is 6. The minimum Gasteiger partial charge on any atom is -0.494 e. The van der Waals surface area contributed by atoms with Gasteiger partial charge in [-0.3, -0.25) is 4.79 Å². The largest absolute Gasteiger partial charge is 0.494 e. The van der Waals surface area contributed by atoms with Gasteiger partial charge in [0, 0.05) is 17.7 Å². The number of amides is 1. The van der Waals surface area contributed by atoms with Crippen molar-refractivity contribution in [2.24, 2.45) is 0 Å². The van der Waals surface area contributed by atoms with Crippen molar-refractivity contribution in [2.45, 2.75) is 31.5 Å². The van der Waals surface area contributed by atoms with Crippen molar-refractivity contribution in [1.29, 1.82) is 0 Å². The van der Waals surface area contributed by atoms with Crippen LogP contribution in [0.3, 0.4) is 0 Å². The van der Waals surface area contributed by atoms with Gasteiger partial charge < -0.3 is 24.6 Å². The Morgan fingerprint density at radius 2 is 1.72 bits per heavy atom. The predicted molar refractivity (Wildman–Crippen MR) is 137 cm³/mol. The first-order valence-corrected chi connectivity index (χ1v) is 12.0. The summed E-state index contributed by atoms with van der Waals surface area (Å²) < 4.78 is 72.9. The molecule has 12 heteroatoms. The lowest BCUT2D eigenvalue weighted by molar-refractivity contribution is -0.184. The van der Waals surface area contributed by atoms with Gasteiger partial charge in [-0.15, -0.1) is 0 Å². The maximum Gasteiger partial charge on any atom is 0.401 e. The Morgan fingerprint density at radius 1 is 1.05 bits per heavy atom. The van der Waals surface area contributed by atoms with E-state index in [-0.39, 0.29) is 45.7 Å². The molecule has 2 aromatic carbocycles. The van der Waals surface area contributed by atoms with Crippen molar-refractivity contribution in [3.05, 3.63) is 70.6 Å². The number of ether oxygens (including phenoxy) is 3. The van der Waals surface area contributed by atoms with Gasteiger partial charge in [0.25, 0.3) is 5.91 Å². The zero-order chi connectivity index (χ0) is 29.0. The number of carbonyl (C=O) groups excluding carboxylic acids is 1. The van der Waals surface area contributed by atoms with E-state index in [4.69, 9.17) is 25.8 Å². The molecule has 7 nitrogen and oxygen atoms in total. The van der Waals surface area contributed by atoms with Crippen LogP contribution in [0.1, 0.15) is 29.9 Å². The third-order valence-electron chi connectivity index (χ3n) is 5.97. The quantitative estimate of drug-likeness (QED) is 0.310. The molecule has 0 saturated heterocycles. The Hall–Kier alpha value is -3.57. The van der Waals surface area contributed by atoms with Gasteiger partial charge in [-0.05, 0) is 62.4 Å². The van der Waals surface area contributed by atoms with Crippen LogP contribution in [-0.2, 0) is 5.41 Å². The minimum atomic E-state index is -4.82. The third kappa shape index (κ3) is 6.72. The average Bonchev–Trinajstić information content (AvgIpc) is 2.90. The molecule has 0 spiro atoms. The number of benzene rings is 2. The molecule has 210 valence electrons. The smallest absolute Gasteiger partial charge is 0.401 e. The summed E-state index contributed by atoms with van der Waals surface area (Å²) in [6.45, 7) is 1.58. The van der Waals surface area contributed by atoms with Gasteiger partial charge in [-0.1, -0.05) is 11.6 Å². The number of carbonyl (C=O) groups is 1. The summed E-state index contributed by atoms with van der Waals surface area (Å²) in [7, 11) is 2.66. The molecule has 0 saturated carbocycles. The van der Waals surface area contributed by atoms with Crippen LogP contribution in [0, 0.1) is 5.82 Å². The van der Waals surface area contributed by atoms with Crippen LogP contribution < -0.4 is 19.5 Å². The molecule has 1 heterocycles. The molecular weight excluding hydrogens is 544 g/mol. The Kier molecular flexibility index (Phi) is 9.29. The van der Waals surface area contributed by atoms with Gasteiger partial charge in [-0.2, -0.15) is 13.2 Å². The molecule has 0 radical (unpaired) electrons. The molecule has 0 aliphatic carbocycles. The Labute approximate surface area is 227 Å². The van der Waals surface area contributed by atoms with Crippen LogP contribution in [0.15, 0.2) is 48.5 Å². The monoisotopic (exact) mass is 570 g/mol. The Balaban J connectivity index is 1.93. The number of pyridine rings is 1. The zero-order valence-electron chi connectivity index (χ0n) is 21.5. The van der Waals surface area contributed by atoms with Crippen molar-refractivity contribution in [3.8, 4) is 28.5 Å². The molecule has 2 atom stereocenters. The topological polar surface area (TPSA) is 89.9 Å². The molecule has 3 rings (SSSR count). The molecule has 0 bridgehead atoms. The first-order chi connectivity index (χ1) is 18.3. The van der Waals surface area contributed by atoms with Crippen LogP contribution in [0.4, 0.5) is 17.6 Å². The summed E-state index contributed by atoms with van der Waals surface area (Å²) in [6.07, 6.45) is -5.57. The number of alkyl halides is 3. The minimum absolute atomic E-state index is 0.0210. The number of hydrogen-bond donors (Lipinski definition) is 2. The van der Waals surface area contributed by atoms with Crippen molar-refractivity contribution >= 4 is 17.5 Å². The molecule has 1 unspecified atom stereocenters. The van der Waals surface area contributed by atoms with Gasteiger partial charge in [0.05, 0.1) is 31.0 Å². The van der Waals surface area contributed by atoms with Gasteiger partial charge in [0.15, 0.2) is 11.5 Å². The number of methoxy groups -OCH3 is 2. The number of nitrogens with one attached hydrogen (secondary N) is 1. The maximum atomic E-state index is 14.4. The van der Waals surface area contributed by atoms with E-state index in [1.807, 2.05) is 0 Å². The summed E-state index contributed by atoms with van der Waals surface area (Å²) in [5.74, 6) is -0.908. The molecular formula is C27H27ClF4N2O5. The summed E-state index contributed by atoms with van der Waals surface area (Å²) in [5.41, 5.74) is -2.70. The Bertz CT molecular complexity index is 1340. The molecule has 2 N–H and O–H groups in total. The summed E-state index contributed by atoms with van der Waals surface area (Å²) in [6, 6.07) is 10.2. The van der Waals surface area contributed by atoms with Crippen LogP contribution in [0.2, 0.25) is 5.02 Å². The van der Waals surface area contributed by atoms with Gasteiger partial charge in [0.2, 0.25) is 0 Å². The SMILES string of the molecule is COc1cc(C(=O)NCC(C)(c2ccc(OC)c(-c3ccc(F)c(Cl)c3)n2)C(F)(F)F)ccc1OC[C@@H](C)O. The summed E-state index contributed by atoms with van der Waals surface area (Å²) >= 11 is 5.87. The molecule has 0 aliphatic heterocycles. The molecule has 3 aromatic rings. The van der Waals surface area contributed by atoms with E-state index in [1.165, 1.54) is 57.5 Å². The van der Waals surface area contributed by atoms with Crippen LogP contribution in [0.25, 0.3) is 11.3 Å². The Morgan fingerprint density at radius 3 is 2.31 bits per heavy atom. The first-order valence-electron chi connectivity index (χ1n) is 11.7. The maximum absolute atomic E-state index is 14.4. The number of nitrogens with zero attached hydrogens (tertiary/aromatic N) is 1. The molecule has 0 aliphatic rings. The van der Waals surface area contributed by atoms with Crippen molar-refractivity contribution in [2.75, 3.05) is 27.4 Å². The van der Waals surface area contributed by atoms with Crippen molar-refractivity contribution in [3.63, 3.8) is 0 Å². The second-order valence-electron chi connectivity index (χ2n) is 8.91. The highest BCUT2D eigenvalue weighted by molar-refractivity contribution is 6.31. The van der Waals surface area contributed by atoms with Crippen LogP contribution >= 0.6 is 11.6 Å². The average molecular weight is 571 g/mol. The van der Waals surface area contributed by atoms with E-state index < -0.39 is 41.7 Å². The highest BCUT2D eigenvalue weighted by Crippen LogP contribution is 2.42. The fourth-order valence-electron chi connectivity index (χ4n) is 3.60. The molecule has 1 aromatic heterocycles. The number of rotatable bonds is 10. The van der Waals surface area contributed by atoms with Crippen LogP contribution in [0.5, 0.6) is 17.2 Å². The van der Waals surface area contributed by atoms with Crippen molar-refractivity contribution < 1.29 is 41.7 Å². The number of halogens is 5. The third-order valence-corrected chi connectivity index (χ3v) is 6.26. The van der Waals surface area contributed by atoms with E-state index in [1.54, 1.807) is 0 Å². The number of aliphatic hydroxyl groups is 1. The van der Waals surface area contributed by atoms with E-state index in [2.05, 4.69) is 10.3 Å². The highest BCUT2D eigenvalue weighted by Gasteiger charge is 2.53. The summed E-state index contributed by atoms with van der Waals surface area (Å²) in [4.78, 5) is 17.1. The van der Waals surface area contributed by atoms with Crippen molar-refractivity contribution in [1.82, 2.24) is 10.3 Å². The number of aromatic nitrogens is 1. The first kappa shape index (κ1) is 30.0. The summed E-state index contributed by atoms with van der Waals surface area (Å²) in [5, 5.41) is 11.5. The zero-order valence-corrected chi connectivity index (χ0v) is 22.3. The van der Waals surface area contributed by atoms with Gasteiger partial charge in [-0.25, -0.2) is 9.37 Å². The second-order valence-corrected chi connectivity index (χ2v) is 9.32. The fraction of sp³-hybridized carbons (Fsp3) is 0.333. The van der Waals surface area contributed by atoms with E-state index in [0.29, 0.717) is 0 Å². The van der Waals surface area contributed by atoms with E-state index in [9.17, 15) is 27.5 Å². The molecule has 1 amide bonds. The van der Waals surface area contributed by atoms with E-state index in [0.717, 1.165) is 19.1 Å². The fourth-order valence-corrected chi connectivity index (χ4v) is 3.78. The van der Waals surface area contributed by atoms with Gasteiger partial charge in [0.1, 0.15) is 29.3 Å². The van der Waals surface area contributed by atoms with E-state index >= 15 is 0 Å². The van der Waals surface area contributed by atoms with Gasteiger partial charge >= 0.3 is 6.18 Å². The van der Waals surface area contributed by atoms with Crippen LogP contribution in [-0.4, -0.2) is 55.6 Å². The molecule has 39 heavy (non-hydrogen) atoms. The number of aliphatic hydroxyl groups excluding tert-OH is 1.